The molecule has 3 rings (SSSR count). The van der Waals surface area contributed by atoms with Crippen molar-refractivity contribution in [2.45, 2.75) is 12.2 Å². The minimum atomic E-state index is -0.247. The van der Waals surface area contributed by atoms with E-state index in [1.165, 1.54) is 6.33 Å². The van der Waals surface area contributed by atoms with E-state index in [1.54, 1.807) is 26.4 Å². The van der Waals surface area contributed by atoms with Crippen LogP contribution in [0.5, 0.6) is 11.5 Å². The van der Waals surface area contributed by atoms with E-state index in [9.17, 15) is 0 Å². The number of nitrogens with zero attached hydrogens (tertiary/aromatic N) is 2. The number of benzene rings is 1. The van der Waals surface area contributed by atoms with Gasteiger partial charge in [-0.3, -0.25) is 0 Å². The minimum Gasteiger partial charge on any atom is -0.480 e. The highest BCUT2D eigenvalue weighted by molar-refractivity contribution is 6.34. The molecule has 0 spiro atoms. The molecule has 7 heteroatoms. The van der Waals surface area contributed by atoms with Crippen LogP contribution in [0.2, 0.25) is 5.15 Å². The van der Waals surface area contributed by atoms with Gasteiger partial charge in [0.25, 0.3) is 0 Å². The lowest BCUT2D eigenvalue weighted by atomic mass is 10.1. The monoisotopic (exact) mass is 310 g/mol. The third-order valence-corrected chi connectivity index (χ3v) is 3.59. The van der Waals surface area contributed by atoms with Crippen molar-refractivity contribution in [1.29, 1.82) is 0 Å². The lowest BCUT2D eigenvalue weighted by Gasteiger charge is -2.33. The van der Waals surface area contributed by atoms with Crippen LogP contribution < -0.4 is 9.47 Å². The number of ether oxygens (including phenoxy) is 4. The van der Waals surface area contributed by atoms with E-state index in [1.807, 2.05) is 0 Å². The number of fused-ring (bicyclic) bond motifs is 2. The van der Waals surface area contributed by atoms with Crippen LogP contribution in [0.15, 0.2) is 18.5 Å². The average molecular weight is 311 g/mol. The molecule has 6 nitrogen and oxygen atoms in total. The second-order valence-electron chi connectivity index (χ2n) is 4.70. The molecule has 0 bridgehead atoms. The lowest BCUT2D eigenvalue weighted by molar-refractivity contribution is -0.0513. The Hall–Kier alpha value is -1.63. The highest BCUT2D eigenvalue weighted by Crippen LogP contribution is 2.38. The molecule has 2 atom stereocenters. The van der Waals surface area contributed by atoms with Crippen LogP contribution in [-0.4, -0.2) is 49.6 Å². The maximum absolute atomic E-state index is 6.08. The summed E-state index contributed by atoms with van der Waals surface area (Å²) in [4.78, 5) is 8.16. The first-order valence-electron chi connectivity index (χ1n) is 6.48. The van der Waals surface area contributed by atoms with Gasteiger partial charge in [-0.15, -0.1) is 0 Å². The van der Waals surface area contributed by atoms with Crippen molar-refractivity contribution in [2.24, 2.45) is 0 Å². The first-order valence-corrected chi connectivity index (χ1v) is 6.86. The second kappa shape index (κ2) is 6.01. The predicted molar refractivity (Wildman–Crippen MR) is 77.1 cm³/mol. The second-order valence-corrected chi connectivity index (χ2v) is 5.06. The van der Waals surface area contributed by atoms with Crippen molar-refractivity contribution >= 4 is 22.5 Å². The SMILES string of the molecule is COC[C@H]1Oc2cc3ncnc(Cl)c3cc2O[C@@H]1COC. The molecule has 0 N–H and O–H groups in total. The van der Waals surface area contributed by atoms with Crippen LogP contribution >= 0.6 is 11.6 Å². The van der Waals surface area contributed by atoms with Gasteiger partial charge in [-0.1, -0.05) is 11.6 Å². The Labute approximate surface area is 126 Å². The zero-order valence-electron chi connectivity index (χ0n) is 11.7. The number of methoxy groups -OCH3 is 2. The van der Waals surface area contributed by atoms with Gasteiger partial charge in [0, 0.05) is 25.7 Å². The molecule has 2 heterocycles. The van der Waals surface area contributed by atoms with E-state index < -0.39 is 0 Å². The molecule has 21 heavy (non-hydrogen) atoms. The molecule has 1 aliphatic rings. The highest BCUT2D eigenvalue weighted by atomic mass is 35.5. The molecule has 2 aromatic rings. The van der Waals surface area contributed by atoms with E-state index in [4.69, 9.17) is 30.5 Å². The summed E-state index contributed by atoms with van der Waals surface area (Å²) >= 11 is 6.08. The summed E-state index contributed by atoms with van der Waals surface area (Å²) in [6, 6.07) is 3.59. The van der Waals surface area contributed by atoms with E-state index in [0.717, 1.165) is 5.39 Å². The molecule has 0 amide bonds. The first-order chi connectivity index (χ1) is 10.2. The summed E-state index contributed by atoms with van der Waals surface area (Å²) in [7, 11) is 3.24. The van der Waals surface area contributed by atoms with Gasteiger partial charge in [-0.25, -0.2) is 9.97 Å². The van der Waals surface area contributed by atoms with Crippen molar-refractivity contribution in [3.8, 4) is 11.5 Å². The minimum absolute atomic E-state index is 0.239. The van der Waals surface area contributed by atoms with Crippen molar-refractivity contribution < 1.29 is 18.9 Å². The van der Waals surface area contributed by atoms with Gasteiger partial charge in [0.15, 0.2) is 23.7 Å². The molecule has 0 unspecified atom stereocenters. The molecular weight excluding hydrogens is 296 g/mol. The number of hydrogen-bond acceptors (Lipinski definition) is 6. The third-order valence-electron chi connectivity index (χ3n) is 3.29. The Kier molecular flexibility index (Phi) is 4.10. The normalized spacial score (nSPS) is 20.7. The molecule has 0 saturated heterocycles. The maximum Gasteiger partial charge on any atom is 0.164 e. The van der Waals surface area contributed by atoms with Crippen molar-refractivity contribution in [3.63, 3.8) is 0 Å². The lowest BCUT2D eigenvalue weighted by Crippen LogP contribution is -2.45. The number of rotatable bonds is 4. The standard InChI is InChI=1S/C14H15ClN2O4/c1-18-5-12-13(6-19-2)21-11-4-9-8(3-10(11)20-12)14(15)17-7-16-9/h3-4,7,12-13H,5-6H2,1-2H3/t12-,13-/m1/s1. The Morgan fingerprint density at radius 3 is 2.29 bits per heavy atom. The Morgan fingerprint density at radius 2 is 1.67 bits per heavy atom. The Balaban J connectivity index is 2.01. The van der Waals surface area contributed by atoms with Gasteiger partial charge in [0.05, 0.1) is 18.7 Å². The van der Waals surface area contributed by atoms with E-state index in [-0.39, 0.29) is 12.2 Å². The molecule has 0 fully saturated rings. The molecule has 1 aliphatic heterocycles. The Morgan fingerprint density at radius 1 is 1.05 bits per heavy atom. The average Bonchev–Trinajstić information content (AvgIpc) is 2.47. The van der Waals surface area contributed by atoms with Crippen LogP contribution in [0.3, 0.4) is 0 Å². The highest BCUT2D eigenvalue weighted by Gasteiger charge is 2.32. The zero-order chi connectivity index (χ0) is 14.8. The van der Waals surface area contributed by atoms with Crippen LogP contribution in [0.1, 0.15) is 0 Å². The topological polar surface area (TPSA) is 62.7 Å². The van der Waals surface area contributed by atoms with Crippen molar-refractivity contribution in [2.75, 3.05) is 27.4 Å². The third kappa shape index (κ3) is 2.74. The summed E-state index contributed by atoms with van der Waals surface area (Å²) in [6.45, 7) is 0.820. The molecule has 1 aromatic carbocycles. The number of halogens is 1. The fourth-order valence-corrected chi connectivity index (χ4v) is 2.50. The smallest absolute Gasteiger partial charge is 0.164 e. The molecule has 0 aliphatic carbocycles. The summed E-state index contributed by atoms with van der Waals surface area (Å²) in [5, 5.41) is 1.11. The van der Waals surface area contributed by atoms with Gasteiger partial charge >= 0.3 is 0 Å². The van der Waals surface area contributed by atoms with Gasteiger partial charge in [-0.05, 0) is 6.07 Å². The first kappa shape index (κ1) is 14.3. The zero-order valence-corrected chi connectivity index (χ0v) is 12.5. The van der Waals surface area contributed by atoms with Gasteiger partial charge in [0.2, 0.25) is 0 Å². The molecule has 0 saturated carbocycles. The van der Waals surface area contributed by atoms with Crippen LogP contribution in [0, 0.1) is 0 Å². The fraction of sp³-hybridized carbons (Fsp3) is 0.429. The van der Waals surface area contributed by atoms with Crippen molar-refractivity contribution in [3.05, 3.63) is 23.6 Å². The van der Waals surface area contributed by atoms with Crippen LogP contribution in [-0.2, 0) is 9.47 Å². The van der Waals surface area contributed by atoms with E-state index in [2.05, 4.69) is 9.97 Å². The van der Waals surface area contributed by atoms with Gasteiger partial charge < -0.3 is 18.9 Å². The van der Waals surface area contributed by atoms with Crippen LogP contribution in [0.25, 0.3) is 10.9 Å². The predicted octanol–water partition coefficient (Wildman–Crippen LogP) is 2.08. The number of hydrogen-bond donors (Lipinski definition) is 0. The molecule has 1 aromatic heterocycles. The molecule has 112 valence electrons. The van der Waals surface area contributed by atoms with Gasteiger partial charge in [-0.2, -0.15) is 0 Å². The summed E-state index contributed by atoms with van der Waals surface area (Å²) in [6.07, 6.45) is 0.932. The van der Waals surface area contributed by atoms with E-state index >= 15 is 0 Å². The summed E-state index contributed by atoms with van der Waals surface area (Å²) < 4.78 is 22.3. The molecule has 0 radical (unpaired) electrons. The summed E-state index contributed by atoms with van der Waals surface area (Å²) in [5.74, 6) is 1.22. The number of aromatic nitrogens is 2. The largest absolute Gasteiger partial charge is 0.480 e. The summed E-state index contributed by atoms with van der Waals surface area (Å²) in [5.41, 5.74) is 0.707. The fourth-order valence-electron chi connectivity index (χ4n) is 2.31. The van der Waals surface area contributed by atoms with Crippen LogP contribution in [0.4, 0.5) is 0 Å². The van der Waals surface area contributed by atoms with E-state index in [0.29, 0.717) is 35.4 Å². The Bertz CT molecular complexity index is 652. The van der Waals surface area contributed by atoms with Crippen molar-refractivity contribution in [1.82, 2.24) is 9.97 Å². The van der Waals surface area contributed by atoms with Gasteiger partial charge in [0.1, 0.15) is 11.5 Å². The molecular formula is C14H15ClN2O4. The maximum atomic E-state index is 6.08. The quantitative estimate of drug-likeness (QED) is 0.806.